The molecule has 0 aliphatic carbocycles. The van der Waals surface area contributed by atoms with Crippen LogP contribution < -0.4 is 42.4 Å². The molecule has 0 amide bonds. The molecule has 0 saturated carbocycles. The summed E-state index contributed by atoms with van der Waals surface area (Å²) in [6.45, 7) is -4.81. The number of nitrogens with zero attached hydrogens (tertiary/aromatic N) is 2. The molecule has 0 radical (unpaired) electrons. The number of nitriles is 2. The first-order valence-electron chi connectivity index (χ1n) is 21.0. The summed E-state index contributed by atoms with van der Waals surface area (Å²) in [5.74, 6) is 0. The minimum atomic E-state index is -2.40. The molecular weight excluding hydrogens is 2120 g/mol. The SMILES string of the molecule is [2H]C([2H])([2H])C#N.[2H]C([2H])([2H])C#N.[O-2].[O-2].[O-2].[O-2].[O-2].[O-2].[O-2].[O-2].[O-2].[O-2].[O-2].[O-2].[O-2].[O-2].[O-2].[O-2].[O-2].[O-2].[O-2].[W].[W].[W].[W].[W].[W].c1ccc([P+](c2ccccc2)(c2ccccc2)c2ccccc2)cc1.c1ccc([P+](c2ccccc2)(c2ccccc2)c2ccccc2)cc1. The molecule has 0 aromatic heterocycles. The fourth-order valence-electron chi connectivity index (χ4n) is 7.00. The summed E-state index contributed by atoms with van der Waals surface area (Å²) in [5, 5.41) is 26.3. The topological polar surface area (TPSA) is 589 Å². The third-order valence-electron chi connectivity index (χ3n) is 9.15. The standard InChI is InChI=1S/2C24H20P.2C2H3N.19O.6W/c2*1-5-13-21(14-6-1)25(22-15-7-2-8-16-22,23-17-9-3-10-18-23)24-19-11-4-12-20-24;2*1-2-3;;;;;;;;;;;;;;;;;;;;;;;;;/h2*1-20H;2*1H3;;;;;;;;;;;;;;;;;;;;;;;;;/q2*+1;;;19*-2;;;;;;/i;;2*1D3;;;;;;;;;;;;;;;;;;;;;;;;;. The number of hydrogen-bond acceptors (Lipinski definition) is 2. The quantitative estimate of drug-likeness (QED) is 0.140. The Bertz CT molecular complexity index is 2170. The predicted molar refractivity (Wildman–Crippen MR) is 258 cm³/mol. The van der Waals surface area contributed by atoms with Crippen molar-refractivity contribution in [1.29, 1.82) is 10.5 Å². The molecule has 8 aromatic rings. The first kappa shape index (κ1) is 116. The molecular formula is C52H46N2O19P2W6-36. The summed E-state index contributed by atoms with van der Waals surface area (Å²) >= 11 is 0. The van der Waals surface area contributed by atoms with Crippen LogP contribution in [0.5, 0.6) is 0 Å². The van der Waals surface area contributed by atoms with Gasteiger partial charge in [-0.25, -0.2) is 0 Å². The Morgan fingerprint density at radius 1 is 0.210 bits per heavy atom. The van der Waals surface area contributed by atoms with Crippen LogP contribution in [0, 0.1) is 22.7 Å². The van der Waals surface area contributed by atoms with Gasteiger partial charge in [-0.2, -0.15) is 10.5 Å². The average Bonchev–Trinajstić information content (AvgIpc) is 3.33. The fourth-order valence-corrected chi connectivity index (χ4v) is 15.5. The minimum absolute atomic E-state index is 0. The minimum Gasteiger partial charge on any atom is -2.00 e. The summed E-state index contributed by atoms with van der Waals surface area (Å²) in [5.41, 5.74) is 0. The van der Waals surface area contributed by atoms with Crippen molar-refractivity contribution in [2.45, 2.75) is 13.7 Å². The van der Waals surface area contributed by atoms with Crippen molar-refractivity contribution < 1.29 is 239 Å². The van der Waals surface area contributed by atoms with Crippen molar-refractivity contribution in [3.63, 3.8) is 0 Å². The Morgan fingerprint density at radius 3 is 0.346 bits per heavy atom. The van der Waals surface area contributed by atoms with Crippen molar-refractivity contribution in [3.8, 4) is 12.1 Å². The second-order valence-electron chi connectivity index (χ2n) is 12.2. The van der Waals surface area contributed by atoms with E-state index in [4.69, 9.17) is 18.7 Å². The van der Waals surface area contributed by atoms with Gasteiger partial charge < -0.3 is 104 Å². The average molecular weight is 2170 g/mol. The maximum Gasteiger partial charge on any atom is 0.144 e. The van der Waals surface area contributed by atoms with Crippen molar-refractivity contribution in [3.05, 3.63) is 243 Å². The maximum absolute atomic E-state index is 7.59. The molecule has 0 aliphatic rings. The second kappa shape index (κ2) is 79.0. The Kier molecular flexibility index (Phi) is 114. The molecule has 0 atom stereocenters. The van der Waals surface area contributed by atoms with Crippen LogP contribution >= 0.6 is 14.5 Å². The summed E-state index contributed by atoms with van der Waals surface area (Å²) in [6, 6.07) is 89.9. The molecule has 0 spiro atoms. The van der Waals surface area contributed by atoms with Crippen molar-refractivity contribution in [2.75, 3.05) is 0 Å². The third kappa shape index (κ3) is 36.4. The zero-order valence-corrected chi connectivity index (χ0v) is 60.5. The van der Waals surface area contributed by atoms with Crippen LogP contribution in [0.4, 0.5) is 0 Å². The van der Waals surface area contributed by atoms with Gasteiger partial charge in [0.2, 0.25) is 0 Å². The van der Waals surface area contributed by atoms with E-state index in [1.165, 1.54) is 42.4 Å². The summed E-state index contributed by atoms with van der Waals surface area (Å²) in [7, 11) is -3.81. The zero-order chi connectivity index (χ0) is 44.3. The fraction of sp³-hybridized carbons (Fsp3) is 0.0385. The summed E-state index contributed by atoms with van der Waals surface area (Å²) < 4.78 is 36.9. The molecule has 0 bridgehead atoms. The molecule has 8 rings (SSSR count). The normalized spacial score (nSPS) is 8.52. The van der Waals surface area contributed by atoms with E-state index >= 15 is 0 Å². The van der Waals surface area contributed by atoms with E-state index in [9.17, 15) is 0 Å². The molecule has 29 heteroatoms. The van der Waals surface area contributed by atoms with Gasteiger partial charge in [0, 0.05) is 148 Å². The van der Waals surface area contributed by atoms with Crippen LogP contribution in [-0.2, 0) is 230 Å². The van der Waals surface area contributed by atoms with E-state index < -0.39 is 28.2 Å². The molecule has 0 aliphatic heterocycles. The smallest absolute Gasteiger partial charge is 0.144 e. The van der Waals surface area contributed by atoms with Crippen molar-refractivity contribution in [1.82, 2.24) is 0 Å². The van der Waals surface area contributed by atoms with Crippen molar-refractivity contribution in [2.24, 2.45) is 0 Å². The van der Waals surface area contributed by atoms with E-state index in [1.807, 2.05) is 0 Å². The molecule has 460 valence electrons. The third-order valence-corrected chi connectivity index (χ3v) is 17.7. The largest absolute Gasteiger partial charge is 2.00 e. The monoisotopic (exact) mass is 2170 g/mol. The van der Waals surface area contributed by atoms with E-state index in [-0.39, 0.29) is 230 Å². The van der Waals surface area contributed by atoms with Gasteiger partial charge >= 0.3 is 0 Å². The maximum atomic E-state index is 7.59. The van der Waals surface area contributed by atoms with Crippen LogP contribution in [0.25, 0.3) is 0 Å². The molecule has 0 fully saturated rings. The summed E-state index contributed by atoms with van der Waals surface area (Å²) in [4.78, 5) is 0. The van der Waals surface area contributed by atoms with E-state index in [0.717, 1.165) is 12.1 Å². The van der Waals surface area contributed by atoms with Gasteiger partial charge in [0.25, 0.3) is 0 Å². The zero-order valence-electron chi connectivity index (χ0n) is 47.1. The Hall–Kier alpha value is -3.03. The van der Waals surface area contributed by atoms with Gasteiger partial charge in [0.15, 0.2) is 0 Å². The van der Waals surface area contributed by atoms with Gasteiger partial charge in [-0.3, -0.25) is 0 Å². The molecule has 81 heavy (non-hydrogen) atoms. The number of rotatable bonds is 8. The van der Waals surface area contributed by atoms with E-state index in [1.54, 1.807) is 0 Å². The number of hydrogen-bond donors (Lipinski definition) is 0. The van der Waals surface area contributed by atoms with Gasteiger partial charge in [-0.15, -0.1) is 0 Å². The summed E-state index contributed by atoms with van der Waals surface area (Å²) in [6.07, 6.45) is 0. The van der Waals surface area contributed by atoms with E-state index in [0.29, 0.717) is 0 Å². The van der Waals surface area contributed by atoms with Crippen molar-refractivity contribution >= 4 is 57.0 Å². The Labute approximate surface area is 569 Å². The van der Waals surface area contributed by atoms with Crippen LogP contribution in [0.1, 0.15) is 21.9 Å². The molecule has 0 saturated heterocycles. The van der Waals surface area contributed by atoms with Crippen LogP contribution in [0.3, 0.4) is 0 Å². The number of benzene rings is 8. The van der Waals surface area contributed by atoms with Crippen LogP contribution in [-0.4, -0.2) is 0 Å². The second-order valence-corrected chi connectivity index (χ2v) is 19.1. The Balaban J connectivity index is -0.0000000357. The first-order chi connectivity index (χ1) is 30.0. The van der Waals surface area contributed by atoms with Gasteiger partial charge in [0.05, 0.1) is 12.1 Å². The first-order valence-corrected chi connectivity index (χ1v) is 21.6. The van der Waals surface area contributed by atoms with Gasteiger partial charge in [0.1, 0.15) is 57.0 Å². The predicted octanol–water partition coefficient (Wildman–Crippen LogP) is 7.40. The van der Waals surface area contributed by atoms with Gasteiger partial charge in [-0.1, -0.05) is 146 Å². The van der Waals surface area contributed by atoms with Crippen LogP contribution in [0.2, 0.25) is 0 Å². The molecule has 0 N–H and O–H groups in total. The molecule has 0 unspecified atom stereocenters. The molecule has 21 nitrogen and oxygen atoms in total. The Morgan fingerprint density at radius 2 is 0.284 bits per heavy atom. The van der Waals surface area contributed by atoms with Gasteiger partial charge in [-0.05, 0) is 97.1 Å². The molecule has 0 heterocycles. The molecule has 8 aromatic carbocycles. The van der Waals surface area contributed by atoms with E-state index in [2.05, 4.69) is 243 Å². The van der Waals surface area contributed by atoms with Crippen LogP contribution in [0.15, 0.2) is 243 Å².